The number of rotatable bonds is 3. The van der Waals surface area contributed by atoms with Crippen LogP contribution in [-0.4, -0.2) is 65.0 Å². The Balaban J connectivity index is 1.46. The number of nitrogens with zero attached hydrogens (tertiary/aromatic N) is 3. The Labute approximate surface area is 141 Å². The van der Waals surface area contributed by atoms with Crippen LogP contribution < -0.4 is 0 Å². The number of aromatic nitrogens is 1. The van der Waals surface area contributed by atoms with Crippen LogP contribution in [0.3, 0.4) is 0 Å². The van der Waals surface area contributed by atoms with Gasteiger partial charge in [-0.15, -0.1) is 0 Å². The number of amides is 2. The van der Waals surface area contributed by atoms with E-state index in [0.29, 0.717) is 24.6 Å². The molecule has 3 saturated heterocycles. The molecule has 2 atom stereocenters. The van der Waals surface area contributed by atoms with Crippen LogP contribution >= 0.6 is 0 Å². The van der Waals surface area contributed by atoms with Crippen LogP contribution in [0.1, 0.15) is 36.2 Å². The molecule has 0 aromatic carbocycles. The highest BCUT2D eigenvalue weighted by atomic mass is 16.5. The molecule has 0 aliphatic carbocycles. The Morgan fingerprint density at radius 3 is 2.79 bits per heavy atom. The molecule has 0 radical (unpaired) electrons. The predicted octanol–water partition coefficient (Wildman–Crippen LogP) is 1.32. The molecule has 4 rings (SSSR count). The summed E-state index contributed by atoms with van der Waals surface area (Å²) in [6.07, 6.45) is 5.01. The van der Waals surface area contributed by atoms with Crippen LogP contribution in [0.15, 0.2) is 24.4 Å². The van der Waals surface area contributed by atoms with Gasteiger partial charge in [0.25, 0.3) is 5.91 Å². The fourth-order valence-corrected chi connectivity index (χ4v) is 4.26. The van der Waals surface area contributed by atoms with Crippen LogP contribution in [0, 0.1) is 5.92 Å². The second kappa shape index (κ2) is 6.51. The molecule has 0 saturated carbocycles. The van der Waals surface area contributed by atoms with Gasteiger partial charge in [-0.05, 0) is 37.3 Å². The maximum Gasteiger partial charge on any atom is 0.272 e. The summed E-state index contributed by atoms with van der Waals surface area (Å²) in [5.41, 5.74) is 0.466. The van der Waals surface area contributed by atoms with Crippen molar-refractivity contribution >= 4 is 11.8 Å². The first-order valence-electron chi connectivity index (χ1n) is 8.83. The maximum absolute atomic E-state index is 12.7. The van der Waals surface area contributed by atoms with Crippen molar-refractivity contribution in [1.82, 2.24) is 14.8 Å². The number of fused-ring (bicyclic) bond motifs is 1. The lowest BCUT2D eigenvalue weighted by Gasteiger charge is -2.30. The van der Waals surface area contributed by atoms with Gasteiger partial charge in [-0.1, -0.05) is 6.07 Å². The lowest BCUT2D eigenvalue weighted by Crippen LogP contribution is -2.42. The van der Waals surface area contributed by atoms with Crippen molar-refractivity contribution in [2.75, 3.05) is 26.3 Å². The predicted molar refractivity (Wildman–Crippen MR) is 87.3 cm³/mol. The summed E-state index contributed by atoms with van der Waals surface area (Å²) >= 11 is 0. The van der Waals surface area contributed by atoms with E-state index in [4.69, 9.17) is 4.74 Å². The van der Waals surface area contributed by atoms with E-state index in [-0.39, 0.29) is 23.9 Å². The average Bonchev–Trinajstić information content (AvgIpc) is 3.16. The molecule has 4 heterocycles. The van der Waals surface area contributed by atoms with E-state index < -0.39 is 0 Å². The van der Waals surface area contributed by atoms with Crippen molar-refractivity contribution in [3.05, 3.63) is 30.1 Å². The van der Waals surface area contributed by atoms with Gasteiger partial charge in [-0.2, -0.15) is 0 Å². The maximum atomic E-state index is 12.7. The summed E-state index contributed by atoms with van der Waals surface area (Å²) in [5.74, 6) is 0.667. The van der Waals surface area contributed by atoms with E-state index in [2.05, 4.69) is 4.98 Å². The van der Waals surface area contributed by atoms with Crippen molar-refractivity contribution in [2.45, 2.75) is 37.8 Å². The molecule has 6 heteroatoms. The molecular weight excluding hydrogens is 306 g/mol. The number of hydrogen-bond donors (Lipinski definition) is 0. The first-order valence-corrected chi connectivity index (χ1v) is 8.83. The molecule has 0 N–H and O–H groups in total. The van der Waals surface area contributed by atoms with Gasteiger partial charge in [0, 0.05) is 38.9 Å². The van der Waals surface area contributed by atoms with Gasteiger partial charge in [-0.3, -0.25) is 14.6 Å². The summed E-state index contributed by atoms with van der Waals surface area (Å²) in [7, 11) is 0. The van der Waals surface area contributed by atoms with E-state index in [9.17, 15) is 9.59 Å². The van der Waals surface area contributed by atoms with Gasteiger partial charge in [0.2, 0.25) is 5.91 Å². The summed E-state index contributed by atoms with van der Waals surface area (Å²) < 4.78 is 5.41. The molecule has 2 amide bonds. The number of carbonyl (C=O) groups is 2. The molecule has 3 aliphatic rings. The number of pyridine rings is 1. The molecular formula is C18H23N3O3. The van der Waals surface area contributed by atoms with E-state index in [1.807, 2.05) is 15.9 Å². The summed E-state index contributed by atoms with van der Waals surface area (Å²) in [4.78, 5) is 33.3. The zero-order valence-corrected chi connectivity index (χ0v) is 13.8. The van der Waals surface area contributed by atoms with Gasteiger partial charge >= 0.3 is 0 Å². The third-order valence-corrected chi connectivity index (χ3v) is 5.56. The second-order valence-corrected chi connectivity index (χ2v) is 6.94. The van der Waals surface area contributed by atoms with E-state index >= 15 is 0 Å². The minimum absolute atomic E-state index is 0.00634. The Kier molecular flexibility index (Phi) is 4.22. The van der Waals surface area contributed by atoms with Crippen LogP contribution in [0.4, 0.5) is 0 Å². The summed E-state index contributed by atoms with van der Waals surface area (Å²) in [5, 5.41) is 0. The fourth-order valence-electron chi connectivity index (χ4n) is 4.26. The minimum Gasteiger partial charge on any atom is -0.381 e. The molecule has 128 valence electrons. The molecule has 0 unspecified atom stereocenters. The SMILES string of the molecule is O=C(c1ccccn1)N1CC[C@H]2[C@H]1CC(=O)N2CC1CCOCC1. The highest BCUT2D eigenvalue weighted by Crippen LogP contribution is 2.34. The smallest absolute Gasteiger partial charge is 0.272 e. The van der Waals surface area contributed by atoms with E-state index in [1.165, 1.54) is 0 Å². The van der Waals surface area contributed by atoms with Crippen molar-refractivity contribution in [3.63, 3.8) is 0 Å². The van der Waals surface area contributed by atoms with Crippen LogP contribution in [-0.2, 0) is 9.53 Å². The third-order valence-electron chi connectivity index (χ3n) is 5.56. The monoisotopic (exact) mass is 329 g/mol. The van der Waals surface area contributed by atoms with Gasteiger partial charge in [0.05, 0.1) is 12.1 Å². The standard InChI is InChI=1S/C18H23N3O3/c22-17-11-16-15(21(17)12-13-5-9-24-10-6-13)4-8-20(16)18(23)14-3-1-2-7-19-14/h1-3,7,13,15-16H,4-6,8-12H2/t15-,16+/m0/s1. The van der Waals surface area contributed by atoms with Crippen molar-refractivity contribution in [3.8, 4) is 0 Å². The molecule has 24 heavy (non-hydrogen) atoms. The lowest BCUT2D eigenvalue weighted by molar-refractivity contribution is -0.130. The third kappa shape index (κ3) is 2.79. The minimum atomic E-state index is -0.0520. The Morgan fingerprint density at radius 1 is 1.21 bits per heavy atom. The Hall–Kier alpha value is -1.95. The molecule has 0 bridgehead atoms. The zero-order valence-electron chi connectivity index (χ0n) is 13.8. The van der Waals surface area contributed by atoms with Crippen molar-refractivity contribution in [2.24, 2.45) is 5.92 Å². The van der Waals surface area contributed by atoms with Gasteiger partial charge in [0.1, 0.15) is 5.69 Å². The molecule has 1 aromatic rings. The molecule has 3 fully saturated rings. The molecule has 1 aromatic heterocycles. The quantitative estimate of drug-likeness (QED) is 0.839. The van der Waals surface area contributed by atoms with Gasteiger partial charge < -0.3 is 14.5 Å². The first kappa shape index (κ1) is 15.6. The number of hydrogen-bond acceptors (Lipinski definition) is 4. The zero-order chi connectivity index (χ0) is 16.5. The van der Waals surface area contributed by atoms with Gasteiger partial charge in [0.15, 0.2) is 0 Å². The van der Waals surface area contributed by atoms with Crippen molar-refractivity contribution in [1.29, 1.82) is 0 Å². The largest absolute Gasteiger partial charge is 0.381 e. The Bertz CT molecular complexity index is 615. The molecule has 6 nitrogen and oxygen atoms in total. The topological polar surface area (TPSA) is 62.7 Å². The normalized spacial score (nSPS) is 27.6. The second-order valence-electron chi connectivity index (χ2n) is 6.94. The Morgan fingerprint density at radius 2 is 2.04 bits per heavy atom. The van der Waals surface area contributed by atoms with Crippen LogP contribution in [0.25, 0.3) is 0 Å². The highest BCUT2D eigenvalue weighted by molar-refractivity contribution is 5.93. The summed E-state index contributed by atoms with van der Waals surface area (Å²) in [6.45, 7) is 3.12. The van der Waals surface area contributed by atoms with Crippen molar-refractivity contribution < 1.29 is 14.3 Å². The number of carbonyl (C=O) groups excluding carboxylic acids is 2. The average molecular weight is 329 g/mol. The van der Waals surface area contributed by atoms with E-state index in [1.54, 1.807) is 18.3 Å². The van der Waals surface area contributed by atoms with Crippen LogP contribution in [0.5, 0.6) is 0 Å². The molecule has 3 aliphatic heterocycles. The number of likely N-dealkylation sites (tertiary alicyclic amines) is 2. The molecule has 0 spiro atoms. The summed E-state index contributed by atoms with van der Waals surface area (Å²) in [6, 6.07) is 5.55. The van der Waals surface area contributed by atoms with Gasteiger partial charge in [-0.25, -0.2) is 0 Å². The van der Waals surface area contributed by atoms with Crippen LogP contribution in [0.2, 0.25) is 0 Å². The fraction of sp³-hybridized carbons (Fsp3) is 0.611. The number of ether oxygens (including phenoxy) is 1. The highest BCUT2D eigenvalue weighted by Gasteiger charge is 2.48. The first-order chi connectivity index (χ1) is 11.7. The lowest BCUT2D eigenvalue weighted by atomic mass is 9.99. The van der Waals surface area contributed by atoms with E-state index in [0.717, 1.165) is 39.0 Å².